The summed E-state index contributed by atoms with van der Waals surface area (Å²) in [6, 6.07) is 10.8. The number of halogens is 1. The van der Waals surface area contributed by atoms with Crippen molar-refractivity contribution in [2.24, 2.45) is 0 Å². The predicted molar refractivity (Wildman–Crippen MR) is 86.1 cm³/mol. The highest BCUT2D eigenvalue weighted by molar-refractivity contribution is 6.32. The SMILES string of the molecule is COc1cc(Cn2ccc3ccc(C(=O)NO)nc32)ccc1Cl. The largest absolute Gasteiger partial charge is 0.495 e. The van der Waals surface area contributed by atoms with Gasteiger partial charge < -0.3 is 9.30 Å². The van der Waals surface area contributed by atoms with Crippen molar-refractivity contribution in [3.63, 3.8) is 0 Å². The second kappa shape index (κ2) is 6.28. The standard InChI is InChI=1S/C16H14ClN3O3/c1-23-14-8-10(2-4-12(14)17)9-20-7-6-11-3-5-13(16(21)19-22)18-15(11)20/h2-8,22H,9H2,1H3,(H,19,21). The van der Waals surface area contributed by atoms with Crippen LogP contribution in [0.4, 0.5) is 0 Å². The summed E-state index contributed by atoms with van der Waals surface area (Å²) in [6.07, 6.45) is 1.89. The highest BCUT2D eigenvalue weighted by atomic mass is 35.5. The van der Waals surface area contributed by atoms with Crippen LogP contribution in [0.1, 0.15) is 16.1 Å². The number of fused-ring (bicyclic) bond motifs is 1. The topological polar surface area (TPSA) is 76.4 Å². The summed E-state index contributed by atoms with van der Waals surface area (Å²) in [7, 11) is 1.57. The number of ether oxygens (including phenoxy) is 1. The summed E-state index contributed by atoms with van der Waals surface area (Å²) in [5.41, 5.74) is 3.37. The molecule has 2 heterocycles. The lowest BCUT2D eigenvalue weighted by Gasteiger charge is -2.09. The summed E-state index contributed by atoms with van der Waals surface area (Å²) >= 11 is 6.03. The molecule has 1 aromatic carbocycles. The first-order valence-electron chi connectivity index (χ1n) is 6.85. The number of nitrogens with one attached hydrogen (secondary N) is 1. The van der Waals surface area contributed by atoms with Crippen LogP contribution in [0, 0.1) is 0 Å². The molecule has 7 heteroatoms. The zero-order valence-electron chi connectivity index (χ0n) is 12.3. The third kappa shape index (κ3) is 2.99. The number of amides is 1. The Balaban J connectivity index is 1.98. The molecule has 0 fully saturated rings. The summed E-state index contributed by atoms with van der Waals surface area (Å²) in [5, 5.41) is 10.2. The average molecular weight is 332 g/mol. The molecule has 3 aromatic rings. The Labute approximate surface area is 137 Å². The number of rotatable bonds is 4. The van der Waals surface area contributed by atoms with Crippen molar-refractivity contribution in [2.75, 3.05) is 7.11 Å². The number of nitrogens with zero attached hydrogens (tertiary/aromatic N) is 2. The van der Waals surface area contributed by atoms with Gasteiger partial charge in [0.2, 0.25) is 0 Å². The van der Waals surface area contributed by atoms with Crippen LogP contribution in [0.5, 0.6) is 5.75 Å². The van der Waals surface area contributed by atoms with Crippen molar-refractivity contribution in [3.8, 4) is 5.75 Å². The molecule has 6 nitrogen and oxygen atoms in total. The Bertz CT molecular complexity index is 876. The van der Waals surface area contributed by atoms with Gasteiger partial charge in [-0.25, -0.2) is 10.5 Å². The average Bonchev–Trinajstić information content (AvgIpc) is 2.98. The van der Waals surface area contributed by atoms with Crippen molar-refractivity contribution >= 4 is 28.5 Å². The van der Waals surface area contributed by atoms with E-state index in [-0.39, 0.29) is 5.69 Å². The highest BCUT2D eigenvalue weighted by Crippen LogP contribution is 2.26. The molecule has 0 saturated heterocycles. The first kappa shape index (κ1) is 15.3. The number of methoxy groups -OCH3 is 1. The minimum absolute atomic E-state index is 0.147. The Morgan fingerprint density at radius 2 is 2.17 bits per heavy atom. The van der Waals surface area contributed by atoms with Crippen molar-refractivity contribution in [2.45, 2.75) is 6.54 Å². The van der Waals surface area contributed by atoms with Gasteiger partial charge in [-0.05, 0) is 35.9 Å². The molecule has 0 unspecified atom stereocenters. The molecule has 1 amide bonds. The van der Waals surface area contributed by atoms with Gasteiger partial charge in [0.05, 0.1) is 12.1 Å². The van der Waals surface area contributed by atoms with Gasteiger partial charge in [0, 0.05) is 18.1 Å². The maximum Gasteiger partial charge on any atom is 0.293 e. The Hall–Kier alpha value is -2.57. The molecule has 0 radical (unpaired) electrons. The molecule has 2 N–H and O–H groups in total. The lowest BCUT2D eigenvalue weighted by Crippen LogP contribution is -2.20. The zero-order chi connectivity index (χ0) is 16.4. The van der Waals surface area contributed by atoms with E-state index in [1.807, 2.05) is 29.0 Å². The smallest absolute Gasteiger partial charge is 0.293 e. The second-order valence-corrected chi connectivity index (χ2v) is 5.37. The summed E-state index contributed by atoms with van der Waals surface area (Å²) in [6.45, 7) is 0.550. The van der Waals surface area contributed by atoms with Gasteiger partial charge in [0.15, 0.2) is 0 Å². The van der Waals surface area contributed by atoms with Crippen molar-refractivity contribution in [1.29, 1.82) is 0 Å². The Morgan fingerprint density at radius 3 is 2.91 bits per heavy atom. The quantitative estimate of drug-likeness (QED) is 0.569. The van der Waals surface area contributed by atoms with Gasteiger partial charge >= 0.3 is 0 Å². The molecule has 23 heavy (non-hydrogen) atoms. The third-order valence-corrected chi connectivity index (χ3v) is 3.83. The van der Waals surface area contributed by atoms with Gasteiger partial charge in [-0.1, -0.05) is 17.7 Å². The summed E-state index contributed by atoms with van der Waals surface area (Å²) < 4.78 is 7.13. The molecular formula is C16H14ClN3O3. The molecule has 0 atom stereocenters. The van der Waals surface area contributed by atoms with Crippen LogP contribution < -0.4 is 10.2 Å². The summed E-state index contributed by atoms with van der Waals surface area (Å²) in [4.78, 5) is 15.8. The molecule has 0 spiro atoms. The van der Waals surface area contributed by atoms with Crippen molar-refractivity contribution in [3.05, 3.63) is 58.9 Å². The maximum absolute atomic E-state index is 11.5. The van der Waals surface area contributed by atoms with Crippen LogP contribution >= 0.6 is 11.6 Å². The van der Waals surface area contributed by atoms with Gasteiger partial charge in [-0.3, -0.25) is 10.0 Å². The molecule has 2 aromatic heterocycles. The number of carbonyl (C=O) groups is 1. The van der Waals surface area contributed by atoms with E-state index < -0.39 is 5.91 Å². The lowest BCUT2D eigenvalue weighted by molar-refractivity contribution is 0.0701. The minimum Gasteiger partial charge on any atom is -0.495 e. The first-order chi connectivity index (χ1) is 11.1. The van der Waals surface area contributed by atoms with E-state index in [4.69, 9.17) is 21.5 Å². The fraction of sp³-hybridized carbons (Fsp3) is 0.125. The predicted octanol–water partition coefficient (Wildman–Crippen LogP) is 2.87. The van der Waals surface area contributed by atoms with Crippen LogP contribution in [-0.2, 0) is 6.54 Å². The first-order valence-corrected chi connectivity index (χ1v) is 7.23. The van der Waals surface area contributed by atoms with E-state index in [2.05, 4.69) is 4.98 Å². The normalized spacial score (nSPS) is 10.7. The number of pyridine rings is 1. The molecule has 0 bridgehead atoms. The van der Waals surface area contributed by atoms with E-state index in [0.29, 0.717) is 23.0 Å². The van der Waals surface area contributed by atoms with Gasteiger partial charge in [0.1, 0.15) is 17.1 Å². The molecule has 0 aliphatic carbocycles. The Kier molecular flexibility index (Phi) is 4.18. The number of hydrogen-bond donors (Lipinski definition) is 2. The van der Waals surface area contributed by atoms with E-state index in [0.717, 1.165) is 10.9 Å². The van der Waals surface area contributed by atoms with Gasteiger partial charge in [-0.15, -0.1) is 0 Å². The van der Waals surface area contributed by atoms with Crippen LogP contribution in [-0.4, -0.2) is 27.8 Å². The third-order valence-electron chi connectivity index (χ3n) is 3.51. The highest BCUT2D eigenvalue weighted by Gasteiger charge is 2.10. The number of aromatic nitrogens is 2. The number of benzene rings is 1. The molecule has 3 rings (SSSR count). The van der Waals surface area contributed by atoms with Crippen LogP contribution in [0.25, 0.3) is 11.0 Å². The lowest BCUT2D eigenvalue weighted by atomic mass is 10.2. The molecule has 0 saturated carbocycles. The number of hydrogen-bond acceptors (Lipinski definition) is 4. The van der Waals surface area contributed by atoms with Crippen LogP contribution in [0.3, 0.4) is 0 Å². The van der Waals surface area contributed by atoms with E-state index in [1.165, 1.54) is 0 Å². The number of hydroxylamine groups is 1. The maximum atomic E-state index is 11.5. The summed E-state index contributed by atoms with van der Waals surface area (Å²) in [5.74, 6) is -0.0400. The van der Waals surface area contributed by atoms with E-state index in [9.17, 15) is 4.79 Å². The monoisotopic (exact) mass is 331 g/mol. The fourth-order valence-electron chi connectivity index (χ4n) is 2.37. The second-order valence-electron chi connectivity index (χ2n) is 4.96. The van der Waals surface area contributed by atoms with Crippen molar-refractivity contribution in [1.82, 2.24) is 15.0 Å². The molecule has 118 valence electrons. The van der Waals surface area contributed by atoms with Crippen LogP contribution in [0.15, 0.2) is 42.6 Å². The van der Waals surface area contributed by atoms with E-state index >= 15 is 0 Å². The van der Waals surface area contributed by atoms with Crippen LogP contribution in [0.2, 0.25) is 5.02 Å². The van der Waals surface area contributed by atoms with Gasteiger partial charge in [-0.2, -0.15) is 0 Å². The van der Waals surface area contributed by atoms with Gasteiger partial charge in [0.25, 0.3) is 5.91 Å². The minimum atomic E-state index is -0.646. The number of carbonyl (C=O) groups excluding carboxylic acids is 1. The molecule has 0 aliphatic rings. The molecule has 0 aliphatic heterocycles. The fourth-order valence-corrected chi connectivity index (χ4v) is 2.57. The zero-order valence-corrected chi connectivity index (χ0v) is 13.0. The van der Waals surface area contributed by atoms with Crippen molar-refractivity contribution < 1.29 is 14.7 Å². The molecular weight excluding hydrogens is 318 g/mol. The van der Waals surface area contributed by atoms with E-state index in [1.54, 1.807) is 30.8 Å². The Morgan fingerprint density at radius 1 is 1.35 bits per heavy atom.